The van der Waals surface area contributed by atoms with Gasteiger partial charge in [0.25, 0.3) is 10.1 Å². The van der Waals surface area contributed by atoms with Gasteiger partial charge in [-0.05, 0) is 10.9 Å². The Kier molecular flexibility index (Phi) is 3.16. The Morgan fingerprint density at radius 3 is 2.00 bits per heavy atom. The predicted molar refractivity (Wildman–Crippen MR) is 80.9 cm³/mol. The minimum Gasteiger partial charge on any atom is -0.507 e. The van der Waals surface area contributed by atoms with Crippen LogP contribution in [0.2, 0.25) is 0 Å². The van der Waals surface area contributed by atoms with Crippen LogP contribution < -0.4 is 0 Å². The van der Waals surface area contributed by atoms with E-state index in [-0.39, 0.29) is 10.6 Å². The van der Waals surface area contributed by atoms with Crippen LogP contribution in [0.1, 0.15) is 0 Å². The molecule has 0 atom stereocenters. The lowest BCUT2D eigenvalue weighted by Gasteiger charge is -2.13. The first-order chi connectivity index (χ1) is 9.98. The molecule has 21 heavy (non-hydrogen) atoms. The Morgan fingerprint density at radius 2 is 1.38 bits per heavy atom. The largest absolute Gasteiger partial charge is 0.507 e. The van der Waals surface area contributed by atoms with Crippen LogP contribution in [0.25, 0.3) is 21.9 Å². The highest BCUT2D eigenvalue weighted by molar-refractivity contribution is 7.86. The van der Waals surface area contributed by atoms with E-state index < -0.39 is 10.1 Å². The minimum absolute atomic E-state index is 0.182. The summed E-state index contributed by atoms with van der Waals surface area (Å²) in [5.74, 6) is -0.182. The Hall–Kier alpha value is -2.37. The fourth-order valence-corrected chi connectivity index (χ4v) is 3.18. The summed E-state index contributed by atoms with van der Waals surface area (Å²) in [5, 5.41) is 11.1. The monoisotopic (exact) mass is 300 g/mol. The first-order valence-electron chi connectivity index (χ1n) is 6.26. The number of phenols is 1. The molecular weight excluding hydrogens is 288 g/mol. The molecule has 0 aliphatic heterocycles. The number of fused-ring (bicyclic) bond motifs is 1. The molecule has 106 valence electrons. The van der Waals surface area contributed by atoms with Gasteiger partial charge in [-0.25, -0.2) is 0 Å². The molecule has 0 amide bonds. The van der Waals surface area contributed by atoms with Crippen molar-refractivity contribution < 1.29 is 18.1 Å². The summed E-state index contributed by atoms with van der Waals surface area (Å²) in [6.07, 6.45) is 0. The molecular formula is C16H12O4S. The highest BCUT2D eigenvalue weighted by Gasteiger charge is 2.21. The Morgan fingerprint density at radius 1 is 0.810 bits per heavy atom. The van der Waals surface area contributed by atoms with Crippen molar-refractivity contribution in [2.45, 2.75) is 4.90 Å². The normalized spacial score (nSPS) is 11.7. The molecule has 0 unspecified atom stereocenters. The fourth-order valence-electron chi connectivity index (χ4n) is 2.44. The second-order valence-corrected chi connectivity index (χ2v) is 6.05. The maximum Gasteiger partial charge on any atom is 0.295 e. The van der Waals surface area contributed by atoms with E-state index in [1.54, 1.807) is 48.5 Å². The van der Waals surface area contributed by atoms with Crippen LogP contribution in [-0.4, -0.2) is 18.1 Å². The molecule has 3 rings (SSSR count). The fraction of sp³-hybridized carbons (Fsp3) is 0. The molecule has 0 spiro atoms. The van der Waals surface area contributed by atoms with Gasteiger partial charge in [0.05, 0.1) is 0 Å². The molecule has 0 aliphatic rings. The Balaban J connectivity index is 2.53. The molecule has 0 saturated heterocycles. The second kappa shape index (κ2) is 4.87. The quantitative estimate of drug-likeness (QED) is 0.711. The Labute approximate surface area is 122 Å². The molecule has 4 nitrogen and oxygen atoms in total. The van der Waals surface area contributed by atoms with Gasteiger partial charge < -0.3 is 5.11 Å². The van der Waals surface area contributed by atoms with Crippen LogP contribution in [-0.2, 0) is 10.1 Å². The molecule has 0 saturated carbocycles. The number of aromatic hydroxyl groups is 1. The van der Waals surface area contributed by atoms with Crippen molar-refractivity contribution >= 4 is 20.9 Å². The average molecular weight is 300 g/mol. The molecule has 0 aliphatic carbocycles. The number of phenolic OH excluding ortho intramolecular Hbond substituents is 1. The van der Waals surface area contributed by atoms with Crippen molar-refractivity contribution in [3.05, 3.63) is 60.7 Å². The maximum absolute atomic E-state index is 11.7. The number of rotatable bonds is 2. The minimum atomic E-state index is -4.46. The summed E-state index contributed by atoms with van der Waals surface area (Å²) in [5.41, 5.74) is 1.04. The van der Waals surface area contributed by atoms with E-state index in [1.807, 2.05) is 6.07 Å². The number of hydrogen-bond donors (Lipinski definition) is 2. The zero-order valence-electron chi connectivity index (χ0n) is 10.9. The van der Waals surface area contributed by atoms with Crippen molar-refractivity contribution in [1.29, 1.82) is 0 Å². The molecule has 5 heteroatoms. The van der Waals surface area contributed by atoms with Gasteiger partial charge in [0.2, 0.25) is 0 Å². The van der Waals surface area contributed by atoms with E-state index in [0.717, 1.165) is 6.07 Å². The molecule has 3 aromatic carbocycles. The van der Waals surface area contributed by atoms with Crippen molar-refractivity contribution in [3.8, 4) is 16.9 Å². The van der Waals surface area contributed by atoms with Crippen LogP contribution in [0.4, 0.5) is 0 Å². The van der Waals surface area contributed by atoms with Gasteiger partial charge in [-0.2, -0.15) is 8.42 Å². The predicted octanol–water partition coefficient (Wildman–Crippen LogP) is 3.46. The number of hydrogen-bond acceptors (Lipinski definition) is 3. The van der Waals surface area contributed by atoms with Crippen LogP contribution in [0, 0.1) is 0 Å². The summed E-state index contributed by atoms with van der Waals surface area (Å²) in [7, 11) is -4.46. The smallest absolute Gasteiger partial charge is 0.295 e. The van der Waals surface area contributed by atoms with Gasteiger partial charge in [-0.1, -0.05) is 54.6 Å². The molecule has 0 bridgehead atoms. The van der Waals surface area contributed by atoms with E-state index in [1.165, 1.54) is 0 Å². The maximum atomic E-state index is 11.7. The van der Waals surface area contributed by atoms with E-state index in [2.05, 4.69) is 0 Å². The lowest BCUT2D eigenvalue weighted by Crippen LogP contribution is -2.01. The standard InChI is InChI=1S/C16H12O4S/c17-14-10-15(21(18,19)20)16(11-6-2-1-3-7-11)13-9-5-4-8-12(13)14/h1-10,17H,(H,18,19,20). The van der Waals surface area contributed by atoms with Gasteiger partial charge in [0, 0.05) is 17.0 Å². The van der Waals surface area contributed by atoms with Gasteiger partial charge in [-0.15, -0.1) is 0 Å². The summed E-state index contributed by atoms with van der Waals surface area (Å²) < 4.78 is 32.8. The van der Waals surface area contributed by atoms with Gasteiger partial charge >= 0.3 is 0 Å². The highest BCUT2D eigenvalue weighted by Crippen LogP contribution is 2.39. The lowest BCUT2D eigenvalue weighted by molar-refractivity contribution is 0.471. The third kappa shape index (κ3) is 2.37. The van der Waals surface area contributed by atoms with Gasteiger partial charge in [0.1, 0.15) is 10.6 Å². The van der Waals surface area contributed by atoms with E-state index in [0.29, 0.717) is 21.9 Å². The molecule has 0 fully saturated rings. The topological polar surface area (TPSA) is 74.6 Å². The van der Waals surface area contributed by atoms with Crippen molar-refractivity contribution in [2.24, 2.45) is 0 Å². The van der Waals surface area contributed by atoms with Crippen molar-refractivity contribution in [3.63, 3.8) is 0 Å². The first kappa shape index (κ1) is 13.6. The first-order valence-corrected chi connectivity index (χ1v) is 7.70. The van der Waals surface area contributed by atoms with Gasteiger partial charge in [0.15, 0.2) is 0 Å². The zero-order chi connectivity index (χ0) is 15.0. The van der Waals surface area contributed by atoms with Crippen LogP contribution in [0.5, 0.6) is 5.75 Å². The molecule has 0 aromatic heterocycles. The third-order valence-corrected chi connectivity index (χ3v) is 4.20. The third-order valence-electron chi connectivity index (χ3n) is 3.33. The van der Waals surface area contributed by atoms with E-state index in [4.69, 9.17) is 0 Å². The van der Waals surface area contributed by atoms with Gasteiger partial charge in [-0.3, -0.25) is 4.55 Å². The molecule has 2 N–H and O–H groups in total. The molecule has 0 radical (unpaired) electrons. The summed E-state index contributed by atoms with van der Waals surface area (Å²) in [4.78, 5) is -0.301. The average Bonchev–Trinajstić information content (AvgIpc) is 2.47. The summed E-state index contributed by atoms with van der Waals surface area (Å²) in [6.45, 7) is 0. The van der Waals surface area contributed by atoms with Crippen LogP contribution in [0.15, 0.2) is 65.6 Å². The van der Waals surface area contributed by atoms with Crippen molar-refractivity contribution in [1.82, 2.24) is 0 Å². The van der Waals surface area contributed by atoms with E-state index >= 15 is 0 Å². The van der Waals surface area contributed by atoms with Crippen molar-refractivity contribution in [2.75, 3.05) is 0 Å². The molecule has 0 heterocycles. The van der Waals surface area contributed by atoms with E-state index in [9.17, 15) is 18.1 Å². The lowest BCUT2D eigenvalue weighted by atomic mass is 9.97. The number of benzene rings is 3. The molecule has 3 aromatic rings. The summed E-state index contributed by atoms with van der Waals surface area (Å²) in [6, 6.07) is 16.9. The van der Waals surface area contributed by atoms with Crippen LogP contribution >= 0.6 is 0 Å². The summed E-state index contributed by atoms with van der Waals surface area (Å²) >= 11 is 0. The highest BCUT2D eigenvalue weighted by atomic mass is 32.2. The zero-order valence-corrected chi connectivity index (χ0v) is 11.7. The SMILES string of the molecule is O=S(=O)(O)c1cc(O)c2ccccc2c1-c1ccccc1. The Bertz CT molecular complexity index is 916. The second-order valence-electron chi connectivity index (χ2n) is 4.66. The van der Waals surface area contributed by atoms with Crippen LogP contribution in [0.3, 0.4) is 0 Å².